The molecule has 0 aromatic heterocycles. The second-order valence-corrected chi connectivity index (χ2v) is 12.6. The molecule has 38 heavy (non-hydrogen) atoms. The van der Waals surface area contributed by atoms with Gasteiger partial charge in [-0.2, -0.15) is 0 Å². The molecule has 210 valence electrons. The fourth-order valence-corrected chi connectivity index (χ4v) is 6.75. The van der Waals surface area contributed by atoms with Crippen molar-refractivity contribution in [1.29, 1.82) is 0 Å². The number of amides is 1. The number of carbonyl (C=O) groups excluding carboxylic acids is 1. The molecule has 1 aliphatic rings. The number of aliphatic hydroxyl groups is 1. The second kappa shape index (κ2) is 13.0. The Balaban J connectivity index is 1.85. The molecular weight excluding hydrogens is 504 g/mol. The summed E-state index contributed by atoms with van der Waals surface area (Å²) in [6.07, 6.45) is 2.77. The molecule has 1 aliphatic carbocycles. The van der Waals surface area contributed by atoms with E-state index in [-0.39, 0.29) is 29.7 Å². The first-order chi connectivity index (χ1) is 18.0. The van der Waals surface area contributed by atoms with Crippen LogP contribution in [0.4, 0.5) is 5.69 Å². The van der Waals surface area contributed by atoms with Gasteiger partial charge in [-0.1, -0.05) is 44.9 Å². The molecule has 3 rings (SSSR count). The quantitative estimate of drug-likeness (QED) is 0.391. The minimum Gasteiger partial charge on any atom is -0.497 e. The van der Waals surface area contributed by atoms with Gasteiger partial charge in [-0.25, -0.2) is 8.42 Å². The largest absolute Gasteiger partial charge is 0.497 e. The van der Waals surface area contributed by atoms with E-state index in [1.807, 2.05) is 26.0 Å². The summed E-state index contributed by atoms with van der Waals surface area (Å²) in [6, 6.07) is 13.0. The summed E-state index contributed by atoms with van der Waals surface area (Å²) in [6.45, 7) is 6.33. The van der Waals surface area contributed by atoms with Gasteiger partial charge in [0.1, 0.15) is 5.75 Å². The molecule has 9 heteroatoms. The molecule has 1 saturated carbocycles. The van der Waals surface area contributed by atoms with E-state index in [1.54, 1.807) is 38.3 Å². The minimum atomic E-state index is -3.88. The van der Waals surface area contributed by atoms with Crippen molar-refractivity contribution in [3.63, 3.8) is 0 Å². The van der Waals surface area contributed by atoms with Crippen molar-refractivity contribution in [3.8, 4) is 5.75 Å². The van der Waals surface area contributed by atoms with Crippen molar-refractivity contribution in [2.45, 2.75) is 69.9 Å². The third-order valence-corrected chi connectivity index (χ3v) is 9.06. The minimum absolute atomic E-state index is 0.0580. The van der Waals surface area contributed by atoms with E-state index in [2.05, 4.69) is 5.32 Å². The Morgan fingerprint density at radius 1 is 1.05 bits per heavy atom. The molecule has 2 atom stereocenters. The van der Waals surface area contributed by atoms with E-state index >= 15 is 0 Å². The van der Waals surface area contributed by atoms with E-state index in [0.29, 0.717) is 23.6 Å². The first-order valence-electron chi connectivity index (χ1n) is 13.3. The Hall–Kier alpha value is -2.62. The van der Waals surface area contributed by atoms with Crippen LogP contribution in [0, 0.1) is 11.3 Å². The van der Waals surface area contributed by atoms with E-state index in [9.17, 15) is 18.3 Å². The van der Waals surface area contributed by atoms with Crippen LogP contribution in [0.25, 0.3) is 0 Å². The standard InChI is InChI=1S/C29H42N2O6S/c1-21(2)19-31(38(34,35)25-14-12-24(37-5)13-15-25)26-11-7-6-10-23(26)18-27(32)22(3)30-28(33)29(20-36-4)16-8-9-17-29/h6-7,10-15,21-22,27,32H,8-9,16-20H2,1-5H3,(H,30,33)/t22-,27-/m0/s1. The average molecular weight is 547 g/mol. The topological polar surface area (TPSA) is 105 Å². The maximum atomic E-state index is 13.8. The normalized spacial score (nSPS) is 16.7. The number of para-hydroxylation sites is 1. The fourth-order valence-electron chi connectivity index (χ4n) is 5.08. The number of hydrogen-bond donors (Lipinski definition) is 2. The molecule has 0 heterocycles. The molecule has 2 aromatic carbocycles. The lowest BCUT2D eigenvalue weighted by Gasteiger charge is -2.31. The van der Waals surface area contributed by atoms with Crippen LogP contribution in [0.5, 0.6) is 5.75 Å². The number of benzene rings is 2. The Morgan fingerprint density at radius 2 is 1.68 bits per heavy atom. The number of nitrogens with one attached hydrogen (secondary N) is 1. The summed E-state index contributed by atoms with van der Waals surface area (Å²) < 4.78 is 39.5. The Morgan fingerprint density at radius 3 is 2.26 bits per heavy atom. The highest BCUT2D eigenvalue weighted by atomic mass is 32.2. The molecule has 2 N–H and O–H groups in total. The van der Waals surface area contributed by atoms with Crippen molar-refractivity contribution in [3.05, 3.63) is 54.1 Å². The van der Waals surface area contributed by atoms with Gasteiger partial charge >= 0.3 is 0 Å². The summed E-state index contributed by atoms with van der Waals surface area (Å²) in [5, 5.41) is 14.1. The van der Waals surface area contributed by atoms with Gasteiger partial charge in [0, 0.05) is 20.1 Å². The van der Waals surface area contributed by atoms with Gasteiger partial charge in [0.15, 0.2) is 0 Å². The molecule has 8 nitrogen and oxygen atoms in total. The van der Waals surface area contributed by atoms with Crippen LogP contribution in [-0.4, -0.2) is 58.9 Å². The van der Waals surface area contributed by atoms with E-state index in [0.717, 1.165) is 25.7 Å². The van der Waals surface area contributed by atoms with Gasteiger partial charge in [0.05, 0.1) is 41.9 Å². The highest BCUT2D eigenvalue weighted by Crippen LogP contribution is 2.39. The number of methoxy groups -OCH3 is 2. The maximum Gasteiger partial charge on any atom is 0.264 e. The zero-order valence-electron chi connectivity index (χ0n) is 23.1. The molecular formula is C29H42N2O6S. The van der Waals surface area contributed by atoms with E-state index in [4.69, 9.17) is 9.47 Å². The highest BCUT2D eigenvalue weighted by molar-refractivity contribution is 7.92. The van der Waals surface area contributed by atoms with Crippen LogP contribution in [0.15, 0.2) is 53.4 Å². The van der Waals surface area contributed by atoms with Crippen molar-refractivity contribution in [1.82, 2.24) is 5.32 Å². The van der Waals surface area contributed by atoms with Crippen LogP contribution < -0.4 is 14.4 Å². The number of carbonyl (C=O) groups is 1. The number of nitrogens with zero attached hydrogens (tertiary/aromatic N) is 1. The van der Waals surface area contributed by atoms with Gasteiger partial charge in [-0.05, 0) is 61.6 Å². The number of aliphatic hydroxyl groups excluding tert-OH is 1. The predicted molar refractivity (Wildman–Crippen MR) is 149 cm³/mol. The first-order valence-corrected chi connectivity index (χ1v) is 14.7. The molecule has 1 amide bonds. The van der Waals surface area contributed by atoms with Crippen LogP contribution in [0.3, 0.4) is 0 Å². The molecule has 2 aromatic rings. The van der Waals surface area contributed by atoms with Gasteiger partial charge in [0.2, 0.25) is 5.91 Å². The average Bonchev–Trinajstić information content (AvgIpc) is 3.37. The summed E-state index contributed by atoms with van der Waals surface area (Å²) in [5.74, 6) is 0.534. The second-order valence-electron chi connectivity index (χ2n) is 10.7. The third-order valence-electron chi connectivity index (χ3n) is 7.27. The van der Waals surface area contributed by atoms with Crippen LogP contribution in [-0.2, 0) is 26.0 Å². The summed E-state index contributed by atoms with van der Waals surface area (Å²) in [7, 11) is -0.750. The molecule has 0 unspecified atom stereocenters. The number of ether oxygens (including phenoxy) is 2. The van der Waals surface area contributed by atoms with Gasteiger partial charge < -0.3 is 19.9 Å². The van der Waals surface area contributed by atoms with E-state index < -0.39 is 27.6 Å². The Labute approximate surface area is 227 Å². The molecule has 0 aliphatic heterocycles. The number of rotatable bonds is 13. The molecule has 0 saturated heterocycles. The van der Waals surface area contributed by atoms with Gasteiger partial charge in [0.25, 0.3) is 10.0 Å². The third kappa shape index (κ3) is 6.87. The lowest BCUT2D eigenvalue weighted by Crippen LogP contribution is -2.49. The molecule has 1 fully saturated rings. The molecule has 0 bridgehead atoms. The number of sulfonamides is 1. The van der Waals surface area contributed by atoms with E-state index in [1.165, 1.54) is 23.5 Å². The van der Waals surface area contributed by atoms with Crippen molar-refractivity contribution in [2.24, 2.45) is 11.3 Å². The summed E-state index contributed by atoms with van der Waals surface area (Å²) in [5.41, 5.74) is 0.647. The van der Waals surface area contributed by atoms with Crippen LogP contribution in [0.1, 0.15) is 52.0 Å². The van der Waals surface area contributed by atoms with Gasteiger partial charge in [-0.15, -0.1) is 0 Å². The number of hydrogen-bond acceptors (Lipinski definition) is 6. The Bertz CT molecular complexity index is 1160. The van der Waals surface area contributed by atoms with Gasteiger partial charge in [-0.3, -0.25) is 9.10 Å². The van der Waals surface area contributed by atoms with Crippen molar-refractivity contribution >= 4 is 21.6 Å². The lowest BCUT2D eigenvalue weighted by molar-refractivity contribution is -0.135. The maximum absolute atomic E-state index is 13.8. The zero-order chi connectivity index (χ0) is 27.9. The monoisotopic (exact) mass is 546 g/mol. The highest BCUT2D eigenvalue weighted by Gasteiger charge is 2.42. The predicted octanol–water partition coefficient (Wildman–Crippen LogP) is 4.16. The smallest absolute Gasteiger partial charge is 0.264 e. The van der Waals surface area contributed by atoms with Crippen molar-refractivity contribution in [2.75, 3.05) is 31.7 Å². The van der Waals surface area contributed by atoms with Crippen molar-refractivity contribution < 1.29 is 27.8 Å². The number of anilines is 1. The van der Waals surface area contributed by atoms with Crippen LogP contribution in [0.2, 0.25) is 0 Å². The first kappa shape index (κ1) is 29.9. The Kier molecular flexibility index (Phi) is 10.2. The lowest BCUT2D eigenvalue weighted by atomic mass is 9.85. The summed E-state index contributed by atoms with van der Waals surface area (Å²) in [4.78, 5) is 13.3. The van der Waals surface area contributed by atoms with Crippen LogP contribution >= 0.6 is 0 Å². The fraction of sp³-hybridized carbons (Fsp3) is 0.552. The zero-order valence-corrected chi connectivity index (χ0v) is 24.0. The summed E-state index contributed by atoms with van der Waals surface area (Å²) >= 11 is 0. The molecule has 0 spiro atoms. The SMILES string of the molecule is COCC1(C(=O)N[C@@H](C)[C@@H](O)Cc2ccccc2N(CC(C)C)S(=O)(=O)c2ccc(OC)cc2)CCCC1. The molecule has 0 radical (unpaired) electrons.